The zero-order valence-corrected chi connectivity index (χ0v) is 11.1. The van der Waals surface area contributed by atoms with Gasteiger partial charge in [0.15, 0.2) is 0 Å². The summed E-state index contributed by atoms with van der Waals surface area (Å²) in [5, 5.41) is 13.4. The van der Waals surface area contributed by atoms with Gasteiger partial charge in [0.2, 0.25) is 0 Å². The SMILES string of the molecule is CNCCCc1nnc(Cc2cccc(F)c2)s1. The fourth-order valence-corrected chi connectivity index (χ4v) is 2.62. The van der Waals surface area contributed by atoms with Crippen LogP contribution in [0.4, 0.5) is 4.39 Å². The van der Waals surface area contributed by atoms with Crippen LogP contribution in [0.3, 0.4) is 0 Å². The number of benzene rings is 1. The molecule has 5 heteroatoms. The quantitative estimate of drug-likeness (QED) is 0.815. The summed E-state index contributed by atoms with van der Waals surface area (Å²) in [7, 11) is 1.94. The van der Waals surface area contributed by atoms with Gasteiger partial charge in [-0.15, -0.1) is 21.5 Å². The maximum Gasteiger partial charge on any atom is 0.123 e. The van der Waals surface area contributed by atoms with Crippen LogP contribution in [0.5, 0.6) is 0 Å². The fourth-order valence-electron chi connectivity index (χ4n) is 1.70. The number of hydrogen-bond acceptors (Lipinski definition) is 4. The Balaban J connectivity index is 1.94. The Morgan fingerprint density at radius 1 is 1.28 bits per heavy atom. The fraction of sp³-hybridized carbons (Fsp3) is 0.385. The predicted octanol–water partition coefficient (Wildman–Crippen LogP) is 2.42. The first kappa shape index (κ1) is 13.1. The van der Waals surface area contributed by atoms with E-state index in [0.29, 0.717) is 6.42 Å². The molecule has 0 saturated heterocycles. The molecule has 1 heterocycles. The molecule has 1 aromatic carbocycles. The van der Waals surface area contributed by atoms with E-state index in [0.717, 1.165) is 35.0 Å². The average Bonchev–Trinajstić information content (AvgIpc) is 2.77. The monoisotopic (exact) mass is 265 g/mol. The Morgan fingerprint density at radius 3 is 2.89 bits per heavy atom. The molecule has 0 spiro atoms. The minimum atomic E-state index is -0.203. The third kappa shape index (κ3) is 3.85. The van der Waals surface area contributed by atoms with Gasteiger partial charge < -0.3 is 5.32 Å². The van der Waals surface area contributed by atoms with Crippen molar-refractivity contribution in [3.8, 4) is 0 Å². The minimum Gasteiger partial charge on any atom is -0.320 e. The maximum absolute atomic E-state index is 13.0. The van der Waals surface area contributed by atoms with Crippen molar-refractivity contribution in [1.29, 1.82) is 0 Å². The van der Waals surface area contributed by atoms with Crippen LogP contribution >= 0.6 is 11.3 Å². The molecule has 2 aromatic rings. The second-order valence-corrected chi connectivity index (χ2v) is 5.25. The predicted molar refractivity (Wildman–Crippen MR) is 71.4 cm³/mol. The van der Waals surface area contributed by atoms with Gasteiger partial charge in [-0.3, -0.25) is 0 Å². The van der Waals surface area contributed by atoms with Gasteiger partial charge in [-0.2, -0.15) is 0 Å². The molecule has 0 unspecified atom stereocenters. The topological polar surface area (TPSA) is 37.8 Å². The normalized spacial score (nSPS) is 10.8. The maximum atomic E-state index is 13.0. The van der Waals surface area contributed by atoms with Crippen molar-refractivity contribution in [2.24, 2.45) is 0 Å². The highest BCUT2D eigenvalue weighted by Gasteiger charge is 2.05. The second-order valence-electron chi connectivity index (χ2n) is 4.10. The minimum absolute atomic E-state index is 0.203. The number of rotatable bonds is 6. The summed E-state index contributed by atoms with van der Waals surface area (Å²) in [6.45, 7) is 0.985. The van der Waals surface area contributed by atoms with Gasteiger partial charge in [0, 0.05) is 12.8 Å². The first-order chi connectivity index (χ1) is 8.78. The van der Waals surface area contributed by atoms with E-state index in [-0.39, 0.29) is 5.82 Å². The summed E-state index contributed by atoms with van der Waals surface area (Å²) in [6.07, 6.45) is 2.66. The van der Waals surface area contributed by atoms with E-state index in [9.17, 15) is 4.39 Å². The molecule has 96 valence electrons. The number of hydrogen-bond donors (Lipinski definition) is 1. The average molecular weight is 265 g/mol. The van der Waals surface area contributed by atoms with Crippen LogP contribution in [0, 0.1) is 5.82 Å². The van der Waals surface area contributed by atoms with Crippen molar-refractivity contribution in [2.75, 3.05) is 13.6 Å². The first-order valence-corrected chi connectivity index (χ1v) is 6.80. The lowest BCUT2D eigenvalue weighted by atomic mass is 10.1. The summed E-state index contributed by atoms with van der Waals surface area (Å²) in [5.74, 6) is -0.203. The number of nitrogens with one attached hydrogen (secondary N) is 1. The van der Waals surface area contributed by atoms with Gasteiger partial charge in [-0.05, 0) is 37.7 Å². The van der Waals surface area contributed by atoms with E-state index in [1.54, 1.807) is 23.5 Å². The van der Waals surface area contributed by atoms with E-state index >= 15 is 0 Å². The van der Waals surface area contributed by atoms with Crippen molar-refractivity contribution < 1.29 is 4.39 Å². The van der Waals surface area contributed by atoms with Gasteiger partial charge >= 0.3 is 0 Å². The van der Waals surface area contributed by atoms with E-state index in [2.05, 4.69) is 15.5 Å². The van der Waals surface area contributed by atoms with Crippen molar-refractivity contribution >= 4 is 11.3 Å². The highest BCUT2D eigenvalue weighted by atomic mass is 32.1. The number of aryl methyl sites for hydroxylation is 1. The zero-order chi connectivity index (χ0) is 12.8. The summed E-state index contributed by atoms with van der Waals surface area (Å²) in [4.78, 5) is 0. The Labute approximate surface area is 110 Å². The van der Waals surface area contributed by atoms with Gasteiger partial charge in [-0.25, -0.2) is 4.39 Å². The molecule has 0 aliphatic rings. The molecule has 0 amide bonds. The lowest BCUT2D eigenvalue weighted by Gasteiger charge is -1.97. The van der Waals surface area contributed by atoms with Gasteiger partial charge in [0.05, 0.1) is 0 Å². The molecule has 2 rings (SSSR count). The number of aromatic nitrogens is 2. The highest BCUT2D eigenvalue weighted by Crippen LogP contribution is 2.16. The smallest absolute Gasteiger partial charge is 0.123 e. The lowest BCUT2D eigenvalue weighted by molar-refractivity contribution is 0.626. The Hall–Kier alpha value is -1.33. The molecule has 0 bridgehead atoms. The van der Waals surface area contributed by atoms with Crippen LogP contribution < -0.4 is 5.32 Å². The van der Waals surface area contributed by atoms with Crippen molar-refractivity contribution in [3.05, 3.63) is 45.7 Å². The van der Waals surface area contributed by atoms with E-state index in [4.69, 9.17) is 0 Å². The van der Waals surface area contributed by atoms with Crippen LogP contribution in [0.15, 0.2) is 24.3 Å². The molecular formula is C13H16FN3S. The molecule has 0 fully saturated rings. The molecular weight excluding hydrogens is 249 g/mol. The molecule has 0 radical (unpaired) electrons. The largest absolute Gasteiger partial charge is 0.320 e. The zero-order valence-electron chi connectivity index (χ0n) is 10.3. The summed E-state index contributed by atoms with van der Waals surface area (Å²) < 4.78 is 13.0. The van der Waals surface area contributed by atoms with Crippen LogP contribution in [-0.4, -0.2) is 23.8 Å². The Kier molecular flexibility index (Phi) is 4.78. The Bertz CT molecular complexity index is 498. The first-order valence-electron chi connectivity index (χ1n) is 5.98. The van der Waals surface area contributed by atoms with Crippen molar-refractivity contribution in [1.82, 2.24) is 15.5 Å². The number of halogens is 1. The molecule has 1 aromatic heterocycles. The van der Waals surface area contributed by atoms with Crippen LogP contribution in [-0.2, 0) is 12.8 Å². The standard InChI is InChI=1S/C13H16FN3S/c1-15-7-3-6-12-16-17-13(18-12)9-10-4-2-5-11(14)8-10/h2,4-5,8,15H,3,6-7,9H2,1H3. The van der Waals surface area contributed by atoms with Gasteiger partial charge in [0.1, 0.15) is 15.8 Å². The summed E-state index contributed by atoms with van der Waals surface area (Å²) >= 11 is 1.61. The third-order valence-corrected chi connectivity index (χ3v) is 3.55. The highest BCUT2D eigenvalue weighted by molar-refractivity contribution is 7.11. The molecule has 1 N–H and O–H groups in total. The third-order valence-electron chi connectivity index (χ3n) is 2.57. The van der Waals surface area contributed by atoms with Gasteiger partial charge in [0.25, 0.3) is 0 Å². The summed E-state index contributed by atoms with van der Waals surface area (Å²) in [5.41, 5.74) is 0.938. The van der Waals surface area contributed by atoms with Crippen LogP contribution in [0.2, 0.25) is 0 Å². The van der Waals surface area contributed by atoms with E-state index in [1.165, 1.54) is 6.07 Å². The molecule has 0 aliphatic carbocycles. The molecule has 0 atom stereocenters. The lowest BCUT2D eigenvalue weighted by Crippen LogP contribution is -2.08. The Morgan fingerprint density at radius 2 is 2.11 bits per heavy atom. The molecule has 3 nitrogen and oxygen atoms in total. The van der Waals surface area contributed by atoms with Crippen LogP contribution in [0.1, 0.15) is 22.0 Å². The summed E-state index contributed by atoms with van der Waals surface area (Å²) in [6, 6.07) is 6.62. The molecule has 0 saturated carbocycles. The van der Waals surface area contributed by atoms with E-state index in [1.807, 2.05) is 13.1 Å². The van der Waals surface area contributed by atoms with Crippen LogP contribution in [0.25, 0.3) is 0 Å². The van der Waals surface area contributed by atoms with E-state index < -0.39 is 0 Å². The second kappa shape index (κ2) is 6.56. The van der Waals surface area contributed by atoms with Gasteiger partial charge in [-0.1, -0.05) is 12.1 Å². The van der Waals surface area contributed by atoms with Crippen molar-refractivity contribution in [3.63, 3.8) is 0 Å². The number of nitrogens with zero attached hydrogens (tertiary/aromatic N) is 2. The van der Waals surface area contributed by atoms with Crippen molar-refractivity contribution in [2.45, 2.75) is 19.3 Å². The molecule has 0 aliphatic heterocycles. The molecule has 18 heavy (non-hydrogen) atoms.